The molecule has 0 unspecified atom stereocenters. The van der Waals surface area contributed by atoms with Gasteiger partial charge in [0.15, 0.2) is 0 Å². The predicted molar refractivity (Wildman–Crippen MR) is 128 cm³/mol. The summed E-state index contributed by atoms with van der Waals surface area (Å²) < 4.78 is 38.5. The molecule has 3 aromatic rings. The second kappa shape index (κ2) is 11.2. The van der Waals surface area contributed by atoms with Crippen LogP contribution in [0.4, 0.5) is 13.2 Å². The molecule has 1 N–H and O–H groups in total. The summed E-state index contributed by atoms with van der Waals surface area (Å²) in [6.45, 7) is 4.10. The Hall–Kier alpha value is -2.32. The number of nitrogens with zero attached hydrogens (tertiary/aromatic N) is 1. The van der Waals surface area contributed by atoms with Crippen molar-refractivity contribution in [1.29, 1.82) is 0 Å². The summed E-state index contributed by atoms with van der Waals surface area (Å²) in [5, 5.41) is 9.63. The van der Waals surface area contributed by atoms with E-state index in [0.717, 1.165) is 63.9 Å². The molecule has 176 valence electrons. The first-order valence-corrected chi connectivity index (χ1v) is 12.6. The monoisotopic (exact) mass is 493 g/mol. The molecule has 0 saturated heterocycles. The van der Waals surface area contributed by atoms with Gasteiger partial charge in [0.2, 0.25) is 0 Å². The Balaban J connectivity index is 1.67. The van der Waals surface area contributed by atoms with Crippen LogP contribution in [-0.2, 0) is 30.2 Å². The summed E-state index contributed by atoms with van der Waals surface area (Å²) in [4.78, 5) is 17.9. The maximum absolute atomic E-state index is 12.8. The second-order valence-electron chi connectivity index (χ2n) is 7.79. The van der Waals surface area contributed by atoms with Crippen LogP contribution in [-0.4, -0.2) is 21.8 Å². The smallest absolute Gasteiger partial charge is 0.416 e. The topological polar surface area (TPSA) is 50.2 Å². The van der Waals surface area contributed by atoms with Gasteiger partial charge in [-0.05, 0) is 55.2 Å². The number of aliphatic carboxylic acids is 1. The van der Waals surface area contributed by atoms with Crippen molar-refractivity contribution in [3.8, 4) is 10.6 Å². The number of aryl methyl sites for hydroxylation is 4. The van der Waals surface area contributed by atoms with Gasteiger partial charge in [0.05, 0.1) is 11.3 Å². The molecule has 0 aliphatic carbocycles. The Morgan fingerprint density at radius 2 is 1.82 bits per heavy atom. The van der Waals surface area contributed by atoms with Crippen molar-refractivity contribution >= 4 is 29.1 Å². The van der Waals surface area contributed by atoms with Crippen LogP contribution in [0.2, 0.25) is 0 Å². The van der Waals surface area contributed by atoms with Crippen LogP contribution in [0.5, 0.6) is 0 Å². The van der Waals surface area contributed by atoms with Crippen LogP contribution in [0.3, 0.4) is 0 Å². The lowest BCUT2D eigenvalue weighted by molar-refractivity contribution is -0.138. The number of hydrogen-bond donors (Lipinski definition) is 1. The molecule has 1 aromatic heterocycles. The molecule has 1 heterocycles. The van der Waals surface area contributed by atoms with Gasteiger partial charge in [0.1, 0.15) is 5.01 Å². The van der Waals surface area contributed by atoms with E-state index in [-0.39, 0.29) is 6.42 Å². The molecule has 3 rings (SSSR count). The average molecular weight is 494 g/mol. The Morgan fingerprint density at radius 1 is 1.09 bits per heavy atom. The molecule has 0 atom stereocenters. The molecule has 0 fully saturated rings. The number of halogens is 3. The van der Waals surface area contributed by atoms with E-state index in [4.69, 9.17) is 10.1 Å². The third-order valence-corrected chi connectivity index (χ3v) is 7.45. The lowest BCUT2D eigenvalue weighted by Crippen LogP contribution is -2.03. The molecule has 8 heteroatoms. The van der Waals surface area contributed by atoms with Gasteiger partial charge < -0.3 is 5.11 Å². The van der Waals surface area contributed by atoms with Crippen LogP contribution in [0.1, 0.15) is 47.0 Å². The fourth-order valence-corrected chi connectivity index (χ4v) is 5.64. The number of thiazole rings is 1. The quantitative estimate of drug-likeness (QED) is 0.298. The van der Waals surface area contributed by atoms with Gasteiger partial charge in [0.25, 0.3) is 0 Å². The minimum atomic E-state index is -4.34. The van der Waals surface area contributed by atoms with E-state index in [1.54, 1.807) is 23.1 Å². The first-order chi connectivity index (χ1) is 15.7. The van der Waals surface area contributed by atoms with Crippen molar-refractivity contribution in [2.24, 2.45) is 0 Å². The Bertz CT molecular complexity index is 1090. The molecule has 33 heavy (non-hydrogen) atoms. The van der Waals surface area contributed by atoms with E-state index in [1.807, 2.05) is 19.1 Å². The standard InChI is InChI=1S/C25H26F3NO2S2/c1-3-4-22-21(29-24(33-22)18-5-9-19(10-6-18)25(26,27)28)13-14-32-20-11-7-17(16(2)15-20)8-12-23(30)31/h5-7,9-11,15H,3-4,8,12-14H2,1-2H3,(H,30,31). The number of aromatic nitrogens is 1. The van der Waals surface area contributed by atoms with Crippen LogP contribution >= 0.6 is 23.1 Å². The molecule has 0 aliphatic heterocycles. The van der Waals surface area contributed by atoms with Gasteiger partial charge in [-0.15, -0.1) is 23.1 Å². The summed E-state index contributed by atoms with van der Waals surface area (Å²) in [5.74, 6) is 0.0375. The number of benzene rings is 2. The molecule has 0 aliphatic rings. The van der Waals surface area contributed by atoms with Crippen LogP contribution in [0.25, 0.3) is 10.6 Å². The number of carboxylic acids is 1. The zero-order chi connectivity index (χ0) is 24.0. The molecule has 0 saturated carbocycles. The summed E-state index contributed by atoms with van der Waals surface area (Å²) in [7, 11) is 0. The molecular weight excluding hydrogens is 467 g/mol. The fraction of sp³-hybridized carbons (Fsp3) is 0.360. The number of hydrogen-bond acceptors (Lipinski definition) is 4. The maximum atomic E-state index is 12.8. The second-order valence-corrected chi connectivity index (χ2v) is 10.0. The summed E-state index contributed by atoms with van der Waals surface area (Å²) >= 11 is 3.28. The summed E-state index contributed by atoms with van der Waals surface area (Å²) in [6.07, 6.45) is -1.04. The van der Waals surface area contributed by atoms with E-state index >= 15 is 0 Å². The molecule has 0 bridgehead atoms. The largest absolute Gasteiger partial charge is 0.481 e. The van der Waals surface area contributed by atoms with Gasteiger partial charge in [-0.2, -0.15) is 13.2 Å². The lowest BCUT2D eigenvalue weighted by atomic mass is 10.0. The normalized spacial score (nSPS) is 11.7. The Morgan fingerprint density at radius 3 is 2.42 bits per heavy atom. The number of carbonyl (C=O) groups is 1. The van der Waals surface area contributed by atoms with Gasteiger partial charge in [0, 0.05) is 33.9 Å². The molecular formula is C25H26F3NO2S2. The van der Waals surface area contributed by atoms with E-state index in [9.17, 15) is 18.0 Å². The van der Waals surface area contributed by atoms with E-state index in [0.29, 0.717) is 12.0 Å². The van der Waals surface area contributed by atoms with Crippen LogP contribution in [0, 0.1) is 6.92 Å². The predicted octanol–water partition coefficient (Wildman–Crippen LogP) is 7.44. The minimum Gasteiger partial charge on any atom is -0.481 e. The SMILES string of the molecule is CCCc1sc(-c2ccc(C(F)(F)F)cc2)nc1CCSc1ccc(CCC(=O)O)c(C)c1. The van der Waals surface area contributed by atoms with Crippen molar-refractivity contribution in [3.05, 3.63) is 69.7 Å². The third-order valence-electron chi connectivity index (χ3n) is 5.24. The van der Waals surface area contributed by atoms with Crippen molar-refractivity contribution in [2.75, 3.05) is 5.75 Å². The highest BCUT2D eigenvalue weighted by Gasteiger charge is 2.30. The van der Waals surface area contributed by atoms with Crippen molar-refractivity contribution in [2.45, 2.75) is 57.0 Å². The molecule has 0 radical (unpaired) electrons. The van der Waals surface area contributed by atoms with Gasteiger partial charge >= 0.3 is 12.1 Å². The Labute approximate surface area is 200 Å². The number of carboxylic acid groups (broad SMARTS) is 1. The average Bonchev–Trinajstić information content (AvgIpc) is 3.15. The zero-order valence-corrected chi connectivity index (χ0v) is 20.2. The summed E-state index contributed by atoms with van der Waals surface area (Å²) in [6, 6.07) is 11.3. The van der Waals surface area contributed by atoms with E-state index < -0.39 is 17.7 Å². The highest BCUT2D eigenvalue weighted by molar-refractivity contribution is 7.99. The number of rotatable bonds is 10. The van der Waals surface area contributed by atoms with Gasteiger partial charge in [-0.25, -0.2) is 4.98 Å². The molecule has 0 spiro atoms. The van der Waals surface area contributed by atoms with Gasteiger partial charge in [-0.1, -0.05) is 31.5 Å². The van der Waals surface area contributed by atoms with Crippen molar-refractivity contribution in [1.82, 2.24) is 4.98 Å². The number of thioether (sulfide) groups is 1. The first kappa shape index (κ1) is 25.3. The maximum Gasteiger partial charge on any atom is 0.416 e. The highest BCUT2D eigenvalue weighted by atomic mass is 32.2. The van der Waals surface area contributed by atoms with E-state index in [2.05, 4.69) is 13.0 Å². The molecule has 0 amide bonds. The van der Waals surface area contributed by atoms with Crippen LogP contribution < -0.4 is 0 Å². The minimum absolute atomic E-state index is 0.124. The zero-order valence-electron chi connectivity index (χ0n) is 18.5. The van der Waals surface area contributed by atoms with Gasteiger partial charge in [-0.3, -0.25) is 4.79 Å². The third kappa shape index (κ3) is 7.08. The fourth-order valence-electron chi connectivity index (χ4n) is 3.47. The molecule has 3 nitrogen and oxygen atoms in total. The van der Waals surface area contributed by atoms with E-state index in [1.165, 1.54) is 17.0 Å². The first-order valence-electron chi connectivity index (χ1n) is 10.8. The number of alkyl halides is 3. The summed E-state index contributed by atoms with van der Waals surface area (Å²) in [5.41, 5.74) is 3.20. The van der Waals surface area contributed by atoms with Crippen molar-refractivity contribution < 1.29 is 23.1 Å². The van der Waals surface area contributed by atoms with Crippen LogP contribution in [0.15, 0.2) is 47.4 Å². The Kier molecular flexibility index (Phi) is 8.59. The lowest BCUT2D eigenvalue weighted by Gasteiger charge is -2.08. The highest BCUT2D eigenvalue weighted by Crippen LogP contribution is 2.34. The molecule has 2 aromatic carbocycles. The van der Waals surface area contributed by atoms with Crippen molar-refractivity contribution in [3.63, 3.8) is 0 Å².